The lowest BCUT2D eigenvalue weighted by Crippen LogP contribution is -2.58. The molecule has 124 valence electrons. The predicted octanol–water partition coefficient (Wildman–Crippen LogP) is 2.10. The maximum Gasteiger partial charge on any atom is 0.278 e. The molecule has 1 heterocycles. The van der Waals surface area contributed by atoms with Gasteiger partial charge in [-0.2, -0.15) is 0 Å². The number of rotatable bonds is 4. The fourth-order valence-corrected chi connectivity index (χ4v) is 2.41. The van der Waals surface area contributed by atoms with Crippen molar-refractivity contribution >= 4 is 17.5 Å². The highest BCUT2D eigenvalue weighted by Crippen LogP contribution is 2.33. The van der Waals surface area contributed by atoms with Gasteiger partial charge in [0.2, 0.25) is 0 Å². The van der Waals surface area contributed by atoms with Gasteiger partial charge in [0.05, 0.1) is 12.8 Å². The smallest absolute Gasteiger partial charge is 0.278 e. The molecular weight excluding hydrogens is 308 g/mol. The zero-order valence-electron chi connectivity index (χ0n) is 13.5. The lowest BCUT2D eigenvalue weighted by molar-refractivity contribution is -0.146. The van der Waals surface area contributed by atoms with Crippen LogP contribution in [-0.4, -0.2) is 24.5 Å². The molecule has 0 saturated carbocycles. The Kier molecular flexibility index (Phi) is 4.12. The van der Waals surface area contributed by atoms with Gasteiger partial charge in [0.1, 0.15) is 11.5 Å². The third-order valence-corrected chi connectivity index (χ3v) is 3.93. The third kappa shape index (κ3) is 2.90. The SMILES string of the molecule is COc1ccc(CNC(=O)C2(C)Oc3ccccc3NC2=O)cc1. The van der Waals surface area contributed by atoms with Gasteiger partial charge in [0, 0.05) is 6.54 Å². The van der Waals surface area contributed by atoms with Gasteiger partial charge in [0.25, 0.3) is 17.4 Å². The number of fused-ring (bicyclic) bond motifs is 1. The van der Waals surface area contributed by atoms with E-state index in [0.29, 0.717) is 11.4 Å². The summed E-state index contributed by atoms with van der Waals surface area (Å²) in [6.07, 6.45) is 0. The molecule has 2 aromatic rings. The lowest BCUT2D eigenvalue weighted by Gasteiger charge is -2.33. The van der Waals surface area contributed by atoms with E-state index in [4.69, 9.17) is 9.47 Å². The van der Waals surface area contributed by atoms with Crippen LogP contribution in [0.15, 0.2) is 48.5 Å². The van der Waals surface area contributed by atoms with Crippen molar-refractivity contribution in [1.82, 2.24) is 5.32 Å². The van der Waals surface area contributed by atoms with Gasteiger partial charge < -0.3 is 20.1 Å². The Labute approximate surface area is 139 Å². The number of methoxy groups -OCH3 is 1. The van der Waals surface area contributed by atoms with Gasteiger partial charge in [-0.3, -0.25) is 9.59 Å². The van der Waals surface area contributed by atoms with Crippen molar-refractivity contribution in [3.05, 3.63) is 54.1 Å². The highest BCUT2D eigenvalue weighted by atomic mass is 16.5. The average Bonchev–Trinajstić information content (AvgIpc) is 2.61. The van der Waals surface area contributed by atoms with Gasteiger partial charge in [0.15, 0.2) is 0 Å². The van der Waals surface area contributed by atoms with E-state index in [1.807, 2.05) is 24.3 Å². The van der Waals surface area contributed by atoms with Crippen molar-refractivity contribution in [3.8, 4) is 11.5 Å². The molecular formula is C18H18N2O4. The van der Waals surface area contributed by atoms with Crippen molar-refractivity contribution in [2.24, 2.45) is 0 Å². The van der Waals surface area contributed by atoms with E-state index in [1.165, 1.54) is 6.92 Å². The van der Waals surface area contributed by atoms with Crippen LogP contribution in [0.25, 0.3) is 0 Å². The summed E-state index contributed by atoms with van der Waals surface area (Å²) in [4.78, 5) is 24.8. The molecule has 2 aromatic carbocycles. The molecule has 6 heteroatoms. The molecule has 1 unspecified atom stereocenters. The van der Waals surface area contributed by atoms with Crippen molar-refractivity contribution in [1.29, 1.82) is 0 Å². The van der Waals surface area contributed by atoms with Crippen LogP contribution in [0.4, 0.5) is 5.69 Å². The van der Waals surface area contributed by atoms with E-state index in [2.05, 4.69) is 10.6 Å². The number of hydrogen-bond donors (Lipinski definition) is 2. The van der Waals surface area contributed by atoms with E-state index >= 15 is 0 Å². The molecule has 1 atom stereocenters. The minimum absolute atomic E-state index is 0.288. The Morgan fingerprint density at radius 1 is 1.21 bits per heavy atom. The van der Waals surface area contributed by atoms with Gasteiger partial charge in [-0.15, -0.1) is 0 Å². The van der Waals surface area contributed by atoms with Gasteiger partial charge in [-0.05, 0) is 36.8 Å². The molecule has 1 aliphatic rings. The van der Waals surface area contributed by atoms with Crippen molar-refractivity contribution in [3.63, 3.8) is 0 Å². The standard InChI is InChI=1S/C18H18N2O4/c1-18(17(22)20-14-5-3-4-6-15(14)24-18)16(21)19-11-12-7-9-13(23-2)10-8-12/h3-10H,11H2,1-2H3,(H,19,21)(H,20,22). The number of carbonyl (C=O) groups is 2. The number of benzene rings is 2. The lowest BCUT2D eigenvalue weighted by atomic mass is 10.0. The average molecular weight is 326 g/mol. The van der Waals surface area contributed by atoms with Gasteiger partial charge in [-0.1, -0.05) is 24.3 Å². The zero-order valence-corrected chi connectivity index (χ0v) is 13.5. The number of hydrogen-bond acceptors (Lipinski definition) is 4. The summed E-state index contributed by atoms with van der Waals surface area (Å²) in [5, 5.41) is 5.45. The first-order valence-electron chi connectivity index (χ1n) is 7.53. The second kappa shape index (κ2) is 6.23. The Morgan fingerprint density at radius 2 is 1.92 bits per heavy atom. The number of carbonyl (C=O) groups excluding carboxylic acids is 2. The third-order valence-electron chi connectivity index (χ3n) is 3.93. The maximum atomic E-state index is 12.5. The summed E-state index contributed by atoms with van der Waals surface area (Å²) in [5.74, 6) is 0.224. The monoisotopic (exact) mass is 326 g/mol. The minimum Gasteiger partial charge on any atom is -0.497 e. The first-order valence-corrected chi connectivity index (χ1v) is 7.53. The van der Waals surface area contributed by atoms with E-state index in [0.717, 1.165) is 11.3 Å². The molecule has 0 bridgehead atoms. The Morgan fingerprint density at radius 3 is 2.62 bits per heavy atom. The van der Waals surface area contributed by atoms with Crippen LogP contribution in [0.2, 0.25) is 0 Å². The number of amides is 2. The summed E-state index contributed by atoms with van der Waals surface area (Å²) in [7, 11) is 1.59. The quantitative estimate of drug-likeness (QED) is 0.844. The highest BCUT2D eigenvalue weighted by Gasteiger charge is 2.47. The normalized spacial score (nSPS) is 18.8. The van der Waals surface area contributed by atoms with Crippen molar-refractivity contribution in [2.45, 2.75) is 19.1 Å². The van der Waals surface area contributed by atoms with Gasteiger partial charge in [-0.25, -0.2) is 0 Å². The number of nitrogens with one attached hydrogen (secondary N) is 2. The summed E-state index contributed by atoms with van der Waals surface area (Å²) in [6.45, 7) is 1.75. The Bertz CT molecular complexity index is 773. The summed E-state index contributed by atoms with van der Waals surface area (Å²) < 4.78 is 10.8. The maximum absolute atomic E-state index is 12.5. The van der Waals surface area contributed by atoms with Crippen LogP contribution >= 0.6 is 0 Å². The zero-order chi connectivity index (χ0) is 17.2. The van der Waals surface area contributed by atoms with Crippen LogP contribution in [-0.2, 0) is 16.1 Å². The van der Waals surface area contributed by atoms with Crippen LogP contribution < -0.4 is 20.1 Å². The molecule has 0 aliphatic carbocycles. The van der Waals surface area contributed by atoms with E-state index in [1.54, 1.807) is 31.4 Å². The van der Waals surface area contributed by atoms with Crippen LogP contribution in [0.5, 0.6) is 11.5 Å². The van der Waals surface area contributed by atoms with Crippen molar-refractivity contribution < 1.29 is 19.1 Å². The summed E-state index contributed by atoms with van der Waals surface area (Å²) in [5.41, 5.74) is -0.159. The summed E-state index contributed by atoms with van der Waals surface area (Å²) in [6, 6.07) is 14.3. The molecule has 0 fully saturated rings. The molecule has 24 heavy (non-hydrogen) atoms. The number of ether oxygens (including phenoxy) is 2. The molecule has 0 radical (unpaired) electrons. The molecule has 1 aliphatic heterocycles. The van der Waals surface area contributed by atoms with E-state index in [-0.39, 0.29) is 6.54 Å². The molecule has 2 N–H and O–H groups in total. The molecule has 0 saturated heterocycles. The number of para-hydroxylation sites is 2. The topological polar surface area (TPSA) is 76.7 Å². The first kappa shape index (κ1) is 15.9. The Hall–Kier alpha value is -3.02. The molecule has 2 amide bonds. The van der Waals surface area contributed by atoms with Crippen LogP contribution in [0.1, 0.15) is 12.5 Å². The Balaban J connectivity index is 1.70. The fourth-order valence-electron chi connectivity index (χ4n) is 2.41. The predicted molar refractivity (Wildman–Crippen MR) is 88.9 cm³/mol. The van der Waals surface area contributed by atoms with Crippen LogP contribution in [0, 0.1) is 0 Å². The van der Waals surface area contributed by atoms with Crippen molar-refractivity contribution in [2.75, 3.05) is 12.4 Å². The molecule has 3 rings (SSSR count). The van der Waals surface area contributed by atoms with Crippen LogP contribution in [0.3, 0.4) is 0 Å². The van der Waals surface area contributed by atoms with E-state index in [9.17, 15) is 9.59 Å². The summed E-state index contributed by atoms with van der Waals surface area (Å²) >= 11 is 0. The van der Waals surface area contributed by atoms with Gasteiger partial charge >= 0.3 is 0 Å². The largest absolute Gasteiger partial charge is 0.497 e. The second-order valence-electron chi connectivity index (χ2n) is 5.62. The highest BCUT2D eigenvalue weighted by molar-refractivity contribution is 6.15. The number of anilines is 1. The molecule has 0 spiro atoms. The molecule has 6 nitrogen and oxygen atoms in total. The first-order chi connectivity index (χ1) is 11.5. The molecule has 0 aromatic heterocycles. The minimum atomic E-state index is -1.61. The second-order valence-corrected chi connectivity index (χ2v) is 5.62. The van der Waals surface area contributed by atoms with E-state index < -0.39 is 17.4 Å². The fraction of sp³-hybridized carbons (Fsp3) is 0.222.